The molecule has 1 saturated carbocycles. The van der Waals surface area contributed by atoms with Crippen LogP contribution in [0.5, 0.6) is 0 Å². The van der Waals surface area contributed by atoms with Gasteiger partial charge in [-0.2, -0.15) is 0 Å². The monoisotopic (exact) mass is 378 g/mol. The highest BCUT2D eigenvalue weighted by molar-refractivity contribution is 6.05. The summed E-state index contributed by atoms with van der Waals surface area (Å²) in [7, 11) is 0. The standard InChI is InChI=1S/C23H30N4O/c1-17-14-26(15-18-6-7-18)12-13-27(17)16-19-8-10-20(11-9-19)23(28)25-22-5-3-2-4-21(22)24/h2-5,8-11,17-18H,6-7,12-16,24H2,1H3,(H,25,28)/t17-/m0/s1. The van der Waals surface area contributed by atoms with Gasteiger partial charge in [-0.15, -0.1) is 0 Å². The normalized spacial score (nSPS) is 20.8. The molecule has 1 heterocycles. The number of anilines is 2. The van der Waals surface area contributed by atoms with Gasteiger partial charge in [-0.1, -0.05) is 24.3 Å². The number of nitrogens with one attached hydrogen (secondary N) is 1. The van der Waals surface area contributed by atoms with E-state index in [1.807, 2.05) is 30.3 Å². The Morgan fingerprint density at radius 2 is 1.86 bits per heavy atom. The van der Waals surface area contributed by atoms with Crippen molar-refractivity contribution >= 4 is 17.3 Å². The summed E-state index contributed by atoms with van der Waals surface area (Å²) in [5, 5.41) is 2.88. The molecular formula is C23H30N4O. The molecule has 0 unspecified atom stereocenters. The van der Waals surface area contributed by atoms with E-state index in [9.17, 15) is 4.79 Å². The molecule has 5 heteroatoms. The summed E-state index contributed by atoms with van der Waals surface area (Å²) >= 11 is 0. The Bertz CT molecular complexity index is 816. The highest BCUT2D eigenvalue weighted by atomic mass is 16.1. The van der Waals surface area contributed by atoms with Gasteiger partial charge in [-0.25, -0.2) is 0 Å². The third-order valence-electron chi connectivity index (χ3n) is 5.87. The zero-order valence-corrected chi connectivity index (χ0v) is 16.6. The first-order valence-corrected chi connectivity index (χ1v) is 10.3. The quantitative estimate of drug-likeness (QED) is 0.756. The summed E-state index contributed by atoms with van der Waals surface area (Å²) in [5.41, 5.74) is 9.02. The first-order valence-electron chi connectivity index (χ1n) is 10.3. The number of rotatable bonds is 6. The van der Waals surface area contributed by atoms with Gasteiger partial charge in [0, 0.05) is 44.3 Å². The second-order valence-electron chi connectivity index (χ2n) is 8.26. The molecule has 1 saturated heterocycles. The topological polar surface area (TPSA) is 61.6 Å². The lowest BCUT2D eigenvalue weighted by Crippen LogP contribution is -2.51. The predicted molar refractivity (Wildman–Crippen MR) is 114 cm³/mol. The largest absolute Gasteiger partial charge is 0.397 e. The Morgan fingerprint density at radius 1 is 1.11 bits per heavy atom. The number of amides is 1. The van der Waals surface area contributed by atoms with Gasteiger partial charge in [0.25, 0.3) is 5.91 Å². The molecule has 28 heavy (non-hydrogen) atoms. The molecule has 3 N–H and O–H groups in total. The fourth-order valence-corrected chi connectivity index (χ4v) is 3.94. The number of hydrogen-bond donors (Lipinski definition) is 2. The molecule has 0 spiro atoms. The average molecular weight is 379 g/mol. The van der Waals surface area contributed by atoms with Gasteiger partial charge < -0.3 is 16.0 Å². The van der Waals surface area contributed by atoms with Gasteiger partial charge in [0.1, 0.15) is 0 Å². The molecule has 148 valence electrons. The lowest BCUT2D eigenvalue weighted by Gasteiger charge is -2.40. The van der Waals surface area contributed by atoms with Crippen LogP contribution in [-0.4, -0.2) is 47.9 Å². The van der Waals surface area contributed by atoms with Crippen LogP contribution in [0.15, 0.2) is 48.5 Å². The van der Waals surface area contributed by atoms with Crippen molar-refractivity contribution in [2.24, 2.45) is 5.92 Å². The van der Waals surface area contributed by atoms with Crippen LogP contribution in [0.1, 0.15) is 35.7 Å². The number of benzene rings is 2. The molecule has 4 rings (SSSR count). The van der Waals surface area contributed by atoms with Gasteiger partial charge in [0.15, 0.2) is 0 Å². The minimum Gasteiger partial charge on any atom is -0.397 e. The van der Waals surface area contributed by atoms with Crippen LogP contribution in [0.4, 0.5) is 11.4 Å². The van der Waals surface area contributed by atoms with Crippen LogP contribution in [0.25, 0.3) is 0 Å². The third-order valence-corrected chi connectivity index (χ3v) is 5.87. The highest BCUT2D eigenvalue weighted by Crippen LogP contribution is 2.30. The second kappa shape index (κ2) is 8.33. The van der Waals surface area contributed by atoms with Crippen molar-refractivity contribution in [2.75, 3.05) is 37.2 Å². The molecule has 0 bridgehead atoms. The van der Waals surface area contributed by atoms with Crippen molar-refractivity contribution in [1.29, 1.82) is 0 Å². The zero-order valence-electron chi connectivity index (χ0n) is 16.6. The van der Waals surface area contributed by atoms with E-state index < -0.39 is 0 Å². The van der Waals surface area contributed by atoms with E-state index in [0.717, 1.165) is 25.6 Å². The van der Waals surface area contributed by atoms with E-state index in [1.165, 1.54) is 31.5 Å². The van der Waals surface area contributed by atoms with Crippen molar-refractivity contribution in [3.63, 3.8) is 0 Å². The first-order chi connectivity index (χ1) is 13.6. The average Bonchev–Trinajstić information content (AvgIpc) is 3.50. The molecule has 1 aliphatic heterocycles. The van der Waals surface area contributed by atoms with Crippen molar-refractivity contribution in [1.82, 2.24) is 9.80 Å². The molecule has 2 aromatic carbocycles. The predicted octanol–water partition coefficient (Wildman–Crippen LogP) is 3.44. The maximum Gasteiger partial charge on any atom is 0.255 e. The smallest absolute Gasteiger partial charge is 0.255 e. The number of hydrogen-bond acceptors (Lipinski definition) is 4. The summed E-state index contributed by atoms with van der Waals surface area (Å²) in [6, 6.07) is 15.8. The molecule has 1 amide bonds. The van der Waals surface area contributed by atoms with E-state index >= 15 is 0 Å². The van der Waals surface area contributed by atoms with E-state index in [0.29, 0.717) is 23.0 Å². The van der Waals surface area contributed by atoms with Crippen LogP contribution in [0.2, 0.25) is 0 Å². The molecule has 2 aromatic rings. The summed E-state index contributed by atoms with van der Waals surface area (Å²) in [6.45, 7) is 7.99. The summed E-state index contributed by atoms with van der Waals surface area (Å²) in [5.74, 6) is 0.829. The molecule has 1 aliphatic carbocycles. The number of carbonyl (C=O) groups excluding carboxylic acids is 1. The highest BCUT2D eigenvalue weighted by Gasteiger charge is 2.29. The van der Waals surface area contributed by atoms with Gasteiger partial charge >= 0.3 is 0 Å². The fraction of sp³-hybridized carbons (Fsp3) is 0.435. The number of nitrogens with two attached hydrogens (primary N) is 1. The van der Waals surface area contributed by atoms with E-state index in [-0.39, 0.29) is 5.91 Å². The van der Waals surface area contributed by atoms with Crippen molar-refractivity contribution in [2.45, 2.75) is 32.4 Å². The molecular weight excluding hydrogens is 348 g/mol. The van der Waals surface area contributed by atoms with Crippen molar-refractivity contribution < 1.29 is 4.79 Å². The van der Waals surface area contributed by atoms with E-state index in [2.05, 4.69) is 34.2 Å². The Labute approximate surface area is 167 Å². The van der Waals surface area contributed by atoms with Crippen LogP contribution in [-0.2, 0) is 6.54 Å². The lowest BCUT2D eigenvalue weighted by atomic mass is 10.1. The summed E-state index contributed by atoms with van der Waals surface area (Å²) in [4.78, 5) is 17.6. The number of para-hydroxylation sites is 2. The molecule has 2 aliphatic rings. The van der Waals surface area contributed by atoms with E-state index in [4.69, 9.17) is 5.73 Å². The Balaban J connectivity index is 1.32. The Hall–Kier alpha value is -2.37. The van der Waals surface area contributed by atoms with Crippen molar-refractivity contribution in [3.05, 3.63) is 59.7 Å². The van der Waals surface area contributed by atoms with Gasteiger partial charge in [-0.05, 0) is 55.5 Å². The van der Waals surface area contributed by atoms with Gasteiger partial charge in [-0.3, -0.25) is 9.69 Å². The summed E-state index contributed by atoms with van der Waals surface area (Å²) < 4.78 is 0. The van der Waals surface area contributed by atoms with Crippen molar-refractivity contribution in [3.8, 4) is 0 Å². The van der Waals surface area contributed by atoms with Crippen LogP contribution in [0, 0.1) is 5.92 Å². The molecule has 5 nitrogen and oxygen atoms in total. The maximum atomic E-state index is 12.5. The van der Waals surface area contributed by atoms with Crippen LogP contribution in [0.3, 0.4) is 0 Å². The maximum absolute atomic E-state index is 12.5. The number of nitrogen functional groups attached to an aromatic ring is 1. The molecule has 0 radical (unpaired) electrons. The second-order valence-corrected chi connectivity index (χ2v) is 8.26. The molecule has 2 fully saturated rings. The molecule has 1 atom stereocenters. The van der Waals surface area contributed by atoms with Crippen LogP contribution >= 0.6 is 0 Å². The lowest BCUT2D eigenvalue weighted by molar-refractivity contribution is 0.0749. The Kier molecular flexibility index (Phi) is 5.64. The SMILES string of the molecule is C[C@H]1CN(CC2CC2)CCN1Cc1ccc(C(=O)Nc2ccccc2N)cc1. The number of carbonyl (C=O) groups is 1. The fourth-order valence-electron chi connectivity index (χ4n) is 3.94. The zero-order chi connectivity index (χ0) is 19.5. The summed E-state index contributed by atoms with van der Waals surface area (Å²) in [6.07, 6.45) is 2.84. The van der Waals surface area contributed by atoms with Crippen LogP contribution < -0.4 is 11.1 Å². The molecule has 0 aromatic heterocycles. The number of piperazine rings is 1. The first kappa shape index (κ1) is 19.0. The number of nitrogens with zero attached hydrogens (tertiary/aromatic N) is 2. The minimum atomic E-state index is -0.133. The van der Waals surface area contributed by atoms with Gasteiger partial charge in [0.05, 0.1) is 11.4 Å². The van der Waals surface area contributed by atoms with Gasteiger partial charge in [0.2, 0.25) is 0 Å². The van der Waals surface area contributed by atoms with E-state index in [1.54, 1.807) is 6.07 Å². The minimum absolute atomic E-state index is 0.133. The Morgan fingerprint density at radius 3 is 2.54 bits per heavy atom. The third kappa shape index (κ3) is 4.72.